The second-order valence-electron chi connectivity index (χ2n) is 2.53. The molecule has 0 amide bonds. The molecule has 3 N–H and O–H groups in total. The molecule has 0 radical (unpaired) electrons. The third-order valence-electron chi connectivity index (χ3n) is 1.51. The molecule has 0 saturated carbocycles. The summed E-state index contributed by atoms with van der Waals surface area (Å²) in [5, 5.41) is 0.598. The number of hydrogen-bond acceptors (Lipinski definition) is 6. The van der Waals surface area contributed by atoms with Crippen LogP contribution in [0, 0.1) is 12.3 Å². The van der Waals surface area contributed by atoms with Crippen molar-refractivity contribution in [2.24, 2.45) is 5.84 Å². The van der Waals surface area contributed by atoms with Crippen LogP contribution in [0.5, 0.6) is 5.88 Å². The van der Waals surface area contributed by atoms with Gasteiger partial charge in [0, 0.05) is 12.5 Å². The van der Waals surface area contributed by atoms with Crippen molar-refractivity contribution < 1.29 is 4.74 Å². The summed E-state index contributed by atoms with van der Waals surface area (Å²) in [6.07, 6.45) is 7.53. The van der Waals surface area contributed by atoms with Crippen LogP contribution < -0.4 is 16.0 Å². The SMILES string of the molecule is C#CCCOc1cc(NN)nc(SC)n1. The van der Waals surface area contributed by atoms with Gasteiger partial charge in [-0.2, -0.15) is 4.98 Å². The minimum Gasteiger partial charge on any atom is -0.476 e. The van der Waals surface area contributed by atoms with Crippen molar-refractivity contribution in [3.05, 3.63) is 6.07 Å². The van der Waals surface area contributed by atoms with Gasteiger partial charge in [0.1, 0.15) is 12.4 Å². The van der Waals surface area contributed by atoms with Crippen LogP contribution in [0.2, 0.25) is 0 Å². The lowest BCUT2D eigenvalue weighted by molar-refractivity contribution is 0.311. The van der Waals surface area contributed by atoms with E-state index in [1.807, 2.05) is 6.26 Å². The molecule has 6 heteroatoms. The largest absolute Gasteiger partial charge is 0.476 e. The third-order valence-corrected chi connectivity index (χ3v) is 2.06. The van der Waals surface area contributed by atoms with Gasteiger partial charge in [-0.15, -0.1) is 12.3 Å². The fourth-order valence-electron chi connectivity index (χ4n) is 0.858. The highest BCUT2D eigenvalue weighted by molar-refractivity contribution is 7.98. The zero-order chi connectivity index (χ0) is 11.1. The molecule has 0 bridgehead atoms. The van der Waals surface area contributed by atoms with Crippen molar-refractivity contribution in [3.8, 4) is 18.2 Å². The molecule has 1 aromatic heterocycles. The van der Waals surface area contributed by atoms with Crippen molar-refractivity contribution in [3.63, 3.8) is 0 Å². The van der Waals surface area contributed by atoms with E-state index in [1.54, 1.807) is 6.07 Å². The molecule has 0 unspecified atom stereocenters. The number of hydrazine groups is 1. The molecule has 0 saturated heterocycles. The number of hydrogen-bond donors (Lipinski definition) is 2. The van der Waals surface area contributed by atoms with Gasteiger partial charge in [0.15, 0.2) is 5.16 Å². The van der Waals surface area contributed by atoms with Crippen LogP contribution >= 0.6 is 11.8 Å². The van der Waals surface area contributed by atoms with Crippen molar-refractivity contribution in [1.29, 1.82) is 0 Å². The molecule has 0 fully saturated rings. The number of nitrogens with two attached hydrogens (primary N) is 1. The Balaban J connectivity index is 2.74. The zero-order valence-electron chi connectivity index (χ0n) is 8.36. The van der Waals surface area contributed by atoms with Gasteiger partial charge in [-0.25, -0.2) is 10.8 Å². The first-order valence-electron chi connectivity index (χ1n) is 4.26. The first-order chi connectivity index (χ1) is 7.30. The highest BCUT2D eigenvalue weighted by Crippen LogP contribution is 2.18. The maximum absolute atomic E-state index is 5.33. The quantitative estimate of drug-likeness (QED) is 0.193. The van der Waals surface area contributed by atoms with E-state index in [0.29, 0.717) is 29.9 Å². The van der Waals surface area contributed by atoms with Gasteiger partial charge < -0.3 is 10.2 Å². The molecule has 0 spiro atoms. The van der Waals surface area contributed by atoms with Gasteiger partial charge in [-0.1, -0.05) is 11.8 Å². The average molecular weight is 224 g/mol. The summed E-state index contributed by atoms with van der Waals surface area (Å²) in [5.41, 5.74) is 2.45. The maximum Gasteiger partial charge on any atom is 0.219 e. The minimum atomic E-state index is 0.436. The van der Waals surface area contributed by atoms with Crippen molar-refractivity contribution in [2.75, 3.05) is 18.3 Å². The van der Waals surface area contributed by atoms with E-state index >= 15 is 0 Å². The maximum atomic E-state index is 5.33. The Morgan fingerprint density at radius 2 is 2.47 bits per heavy atom. The lowest BCUT2D eigenvalue weighted by Crippen LogP contribution is -2.10. The topological polar surface area (TPSA) is 73.1 Å². The molecule has 0 atom stereocenters. The fourth-order valence-corrected chi connectivity index (χ4v) is 1.23. The van der Waals surface area contributed by atoms with E-state index in [0.717, 1.165) is 0 Å². The second-order valence-corrected chi connectivity index (χ2v) is 3.30. The van der Waals surface area contributed by atoms with Gasteiger partial charge in [-0.3, -0.25) is 0 Å². The highest BCUT2D eigenvalue weighted by Gasteiger charge is 2.03. The number of nitrogens with zero attached hydrogens (tertiary/aromatic N) is 2. The van der Waals surface area contributed by atoms with E-state index in [9.17, 15) is 0 Å². The van der Waals surface area contributed by atoms with Crippen LogP contribution in [0.3, 0.4) is 0 Å². The summed E-state index contributed by atoms with van der Waals surface area (Å²) >= 11 is 1.41. The molecule has 0 aliphatic carbocycles. The Bertz CT molecular complexity index is 341. The predicted octanol–water partition coefficient (Wildman–Crippen LogP) is 0.886. The van der Waals surface area contributed by atoms with Gasteiger partial charge in [0.05, 0.1) is 0 Å². The Morgan fingerprint density at radius 3 is 3.07 bits per heavy atom. The molecule has 0 aromatic carbocycles. The van der Waals surface area contributed by atoms with Crippen LogP contribution in [-0.2, 0) is 0 Å². The molecule has 80 valence electrons. The van der Waals surface area contributed by atoms with Crippen molar-refractivity contribution in [1.82, 2.24) is 9.97 Å². The number of nitrogens with one attached hydrogen (secondary N) is 1. The Hall–Kier alpha value is -1.45. The summed E-state index contributed by atoms with van der Waals surface area (Å²) in [4.78, 5) is 8.23. The standard InChI is InChI=1S/C9H12N4OS/c1-3-4-5-14-8-6-7(13-10)11-9(12-8)15-2/h1,6H,4-5,10H2,2H3,(H,11,12,13). The molecule has 0 aliphatic rings. The van der Waals surface area contributed by atoms with Gasteiger partial charge in [0.25, 0.3) is 0 Å². The lowest BCUT2D eigenvalue weighted by Gasteiger charge is -2.06. The Kier molecular flexibility index (Phi) is 4.74. The summed E-state index contributed by atoms with van der Waals surface area (Å²) in [5.74, 6) is 8.73. The third kappa shape index (κ3) is 3.65. The first kappa shape index (κ1) is 11.6. The number of nitrogen functional groups attached to an aromatic ring is 1. The first-order valence-corrected chi connectivity index (χ1v) is 5.48. The fraction of sp³-hybridized carbons (Fsp3) is 0.333. The predicted molar refractivity (Wildman–Crippen MR) is 60.6 cm³/mol. The van der Waals surface area contributed by atoms with E-state index in [-0.39, 0.29) is 0 Å². The molecule has 1 aromatic rings. The average Bonchev–Trinajstić information content (AvgIpc) is 2.29. The Morgan fingerprint density at radius 1 is 1.67 bits per heavy atom. The molecule has 15 heavy (non-hydrogen) atoms. The van der Waals surface area contributed by atoms with Gasteiger partial charge >= 0.3 is 0 Å². The van der Waals surface area contributed by atoms with E-state index < -0.39 is 0 Å². The monoisotopic (exact) mass is 224 g/mol. The number of ether oxygens (including phenoxy) is 1. The van der Waals surface area contributed by atoms with E-state index in [1.165, 1.54) is 11.8 Å². The van der Waals surface area contributed by atoms with Crippen LogP contribution in [0.4, 0.5) is 5.82 Å². The number of thioether (sulfide) groups is 1. The van der Waals surface area contributed by atoms with Crippen molar-refractivity contribution in [2.45, 2.75) is 11.6 Å². The highest BCUT2D eigenvalue weighted by atomic mass is 32.2. The van der Waals surface area contributed by atoms with Crippen LogP contribution in [0.15, 0.2) is 11.2 Å². The van der Waals surface area contributed by atoms with Crippen LogP contribution in [0.25, 0.3) is 0 Å². The number of rotatable bonds is 5. The van der Waals surface area contributed by atoms with Gasteiger partial charge in [0.2, 0.25) is 5.88 Å². The molecule has 0 aliphatic heterocycles. The van der Waals surface area contributed by atoms with Gasteiger partial charge in [-0.05, 0) is 6.26 Å². The summed E-state index contributed by atoms with van der Waals surface area (Å²) in [6.45, 7) is 0.436. The van der Waals surface area contributed by atoms with Crippen molar-refractivity contribution >= 4 is 17.6 Å². The summed E-state index contributed by atoms with van der Waals surface area (Å²) in [7, 11) is 0. The second kappa shape index (κ2) is 6.11. The smallest absolute Gasteiger partial charge is 0.219 e. The number of aromatic nitrogens is 2. The molecule has 1 heterocycles. The normalized spacial score (nSPS) is 9.40. The zero-order valence-corrected chi connectivity index (χ0v) is 9.17. The lowest BCUT2D eigenvalue weighted by atomic mass is 10.5. The van der Waals surface area contributed by atoms with Crippen LogP contribution in [0.1, 0.15) is 6.42 Å². The van der Waals surface area contributed by atoms with E-state index in [2.05, 4.69) is 21.3 Å². The van der Waals surface area contributed by atoms with Crippen LogP contribution in [-0.4, -0.2) is 22.8 Å². The number of anilines is 1. The Labute approximate surface area is 92.8 Å². The summed E-state index contributed by atoms with van der Waals surface area (Å²) in [6, 6.07) is 1.62. The number of terminal acetylenes is 1. The minimum absolute atomic E-state index is 0.436. The molecular formula is C9H12N4OS. The molecule has 5 nitrogen and oxygen atoms in total. The molecule has 1 rings (SSSR count). The molecular weight excluding hydrogens is 212 g/mol. The summed E-state index contributed by atoms with van der Waals surface area (Å²) < 4.78 is 5.33. The van der Waals surface area contributed by atoms with E-state index in [4.69, 9.17) is 17.0 Å².